The summed E-state index contributed by atoms with van der Waals surface area (Å²) < 4.78 is 5.51. The van der Waals surface area contributed by atoms with Gasteiger partial charge >= 0.3 is 0 Å². The van der Waals surface area contributed by atoms with E-state index in [-0.39, 0.29) is 0 Å². The van der Waals surface area contributed by atoms with E-state index in [4.69, 9.17) is 4.74 Å². The summed E-state index contributed by atoms with van der Waals surface area (Å²) in [5, 5.41) is 9.53. The third kappa shape index (κ3) is 8.13. The number of hydrogen-bond acceptors (Lipinski definition) is 2. The summed E-state index contributed by atoms with van der Waals surface area (Å²) in [6.45, 7) is 12.3. The SMILES string of the molecule is CC(C)c1cccc(OCC(C)(C)O)c1.CCC. The maximum atomic E-state index is 9.53. The van der Waals surface area contributed by atoms with Gasteiger partial charge in [-0.1, -0.05) is 46.2 Å². The van der Waals surface area contributed by atoms with Gasteiger partial charge in [0.05, 0.1) is 5.60 Å². The van der Waals surface area contributed by atoms with E-state index in [2.05, 4.69) is 33.8 Å². The van der Waals surface area contributed by atoms with Crippen LogP contribution in [0.1, 0.15) is 59.4 Å². The van der Waals surface area contributed by atoms with Gasteiger partial charge in [0.15, 0.2) is 0 Å². The van der Waals surface area contributed by atoms with Crippen molar-refractivity contribution < 1.29 is 9.84 Å². The lowest BCUT2D eigenvalue weighted by Gasteiger charge is -2.18. The minimum absolute atomic E-state index is 0.314. The number of benzene rings is 1. The Morgan fingerprint density at radius 2 is 1.78 bits per heavy atom. The van der Waals surface area contributed by atoms with Crippen LogP contribution < -0.4 is 4.74 Å². The van der Waals surface area contributed by atoms with Gasteiger partial charge in [-0.3, -0.25) is 0 Å². The van der Waals surface area contributed by atoms with Crippen LogP contribution in [0.4, 0.5) is 0 Å². The lowest BCUT2D eigenvalue weighted by atomic mass is 10.0. The molecule has 0 radical (unpaired) electrons. The van der Waals surface area contributed by atoms with Crippen LogP contribution in [0.15, 0.2) is 24.3 Å². The minimum Gasteiger partial charge on any atom is -0.491 e. The van der Waals surface area contributed by atoms with Gasteiger partial charge in [-0.15, -0.1) is 0 Å². The van der Waals surface area contributed by atoms with Crippen molar-refractivity contribution in [3.05, 3.63) is 29.8 Å². The predicted molar refractivity (Wildman–Crippen MR) is 78.3 cm³/mol. The summed E-state index contributed by atoms with van der Waals surface area (Å²) in [5.74, 6) is 1.32. The zero-order valence-corrected chi connectivity index (χ0v) is 12.7. The summed E-state index contributed by atoms with van der Waals surface area (Å²) >= 11 is 0. The fourth-order valence-electron chi connectivity index (χ4n) is 1.22. The highest BCUT2D eigenvalue weighted by Crippen LogP contribution is 2.20. The Labute approximate surface area is 112 Å². The molecule has 0 aromatic heterocycles. The molecule has 1 aromatic carbocycles. The maximum absolute atomic E-state index is 9.53. The van der Waals surface area contributed by atoms with Crippen molar-refractivity contribution in [3.8, 4) is 5.75 Å². The van der Waals surface area contributed by atoms with Crippen molar-refractivity contribution in [2.24, 2.45) is 0 Å². The van der Waals surface area contributed by atoms with Crippen molar-refractivity contribution in [2.45, 2.75) is 59.5 Å². The number of ether oxygens (including phenoxy) is 1. The van der Waals surface area contributed by atoms with Crippen molar-refractivity contribution in [1.29, 1.82) is 0 Å². The van der Waals surface area contributed by atoms with Crippen molar-refractivity contribution >= 4 is 0 Å². The first-order valence-corrected chi connectivity index (χ1v) is 6.75. The van der Waals surface area contributed by atoms with Crippen LogP contribution in [-0.4, -0.2) is 17.3 Å². The maximum Gasteiger partial charge on any atom is 0.119 e. The molecule has 0 spiro atoms. The van der Waals surface area contributed by atoms with Crippen LogP contribution >= 0.6 is 0 Å². The molecule has 0 atom stereocenters. The standard InChI is InChI=1S/C13H20O2.C3H8/c1-10(2)11-6-5-7-12(8-11)15-9-13(3,4)14;1-3-2/h5-8,10,14H,9H2,1-4H3;3H2,1-2H3. The van der Waals surface area contributed by atoms with Gasteiger partial charge in [0.1, 0.15) is 12.4 Å². The molecular formula is C16H28O2. The quantitative estimate of drug-likeness (QED) is 0.862. The molecule has 0 saturated heterocycles. The third-order valence-corrected chi connectivity index (χ3v) is 2.12. The zero-order chi connectivity index (χ0) is 14.2. The van der Waals surface area contributed by atoms with Crippen LogP contribution in [0.25, 0.3) is 0 Å². The summed E-state index contributed by atoms with van der Waals surface area (Å²) in [4.78, 5) is 0. The van der Waals surface area contributed by atoms with E-state index >= 15 is 0 Å². The summed E-state index contributed by atoms with van der Waals surface area (Å²) in [6.07, 6.45) is 1.25. The largest absolute Gasteiger partial charge is 0.491 e. The molecule has 0 heterocycles. The van der Waals surface area contributed by atoms with Crippen LogP contribution in [-0.2, 0) is 0 Å². The lowest BCUT2D eigenvalue weighted by molar-refractivity contribution is 0.0284. The normalized spacial score (nSPS) is 10.9. The van der Waals surface area contributed by atoms with E-state index in [1.165, 1.54) is 12.0 Å². The monoisotopic (exact) mass is 252 g/mol. The Hall–Kier alpha value is -1.02. The molecule has 0 bridgehead atoms. The van der Waals surface area contributed by atoms with E-state index in [0.717, 1.165) is 5.75 Å². The van der Waals surface area contributed by atoms with Gasteiger partial charge in [0, 0.05) is 0 Å². The highest BCUT2D eigenvalue weighted by Gasteiger charge is 2.13. The molecule has 0 unspecified atom stereocenters. The zero-order valence-electron chi connectivity index (χ0n) is 12.7. The highest BCUT2D eigenvalue weighted by atomic mass is 16.5. The van der Waals surface area contributed by atoms with E-state index < -0.39 is 5.60 Å². The second-order valence-electron chi connectivity index (χ2n) is 5.54. The molecule has 104 valence electrons. The summed E-state index contributed by atoms with van der Waals surface area (Å²) in [7, 11) is 0. The first kappa shape index (κ1) is 17.0. The number of rotatable bonds is 4. The lowest BCUT2D eigenvalue weighted by Crippen LogP contribution is -2.27. The average Bonchev–Trinajstić information content (AvgIpc) is 2.27. The van der Waals surface area contributed by atoms with E-state index in [9.17, 15) is 5.11 Å². The summed E-state index contributed by atoms with van der Waals surface area (Å²) in [5.41, 5.74) is 0.469. The molecule has 2 nitrogen and oxygen atoms in total. The molecule has 0 aliphatic carbocycles. The second-order valence-corrected chi connectivity index (χ2v) is 5.54. The fourth-order valence-corrected chi connectivity index (χ4v) is 1.22. The van der Waals surface area contributed by atoms with Crippen molar-refractivity contribution in [2.75, 3.05) is 6.61 Å². The molecule has 2 heteroatoms. The summed E-state index contributed by atoms with van der Waals surface area (Å²) in [6, 6.07) is 8.00. The minimum atomic E-state index is -0.784. The molecule has 0 aliphatic rings. The van der Waals surface area contributed by atoms with E-state index in [0.29, 0.717) is 12.5 Å². The molecule has 18 heavy (non-hydrogen) atoms. The number of aliphatic hydroxyl groups is 1. The Morgan fingerprint density at radius 3 is 2.22 bits per heavy atom. The first-order valence-electron chi connectivity index (χ1n) is 6.75. The van der Waals surface area contributed by atoms with E-state index in [1.54, 1.807) is 13.8 Å². The second kappa shape index (κ2) is 8.15. The van der Waals surface area contributed by atoms with Crippen LogP contribution in [0.5, 0.6) is 5.75 Å². The Bertz CT molecular complexity index is 324. The molecule has 1 aromatic rings. The van der Waals surface area contributed by atoms with Crippen LogP contribution in [0, 0.1) is 0 Å². The van der Waals surface area contributed by atoms with Gasteiger partial charge in [-0.25, -0.2) is 0 Å². The van der Waals surface area contributed by atoms with Crippen LogP contribution in [0.2, 0.25) is 0 Å². The van der Waals surface area contributed by atoms with Gasteiger partial charge in [-0.05, 0) is 37.5 Å². The highest BCUT2D eigenvalue weighted by molar-refractivity contribution is 5.30. The Balaban J connectivity index is 0.000000873. The Kier molecular flexibility index (Phi) is 7.69. The Morgan fingerprint density at radius 1 is 1.22 bits per heavy atom. The molecule has 0 amide bonds. The fraction of sp³-hybridized carbons (Fsp3) is 0.625. The first-order chi connectivity index (χ1) is 8.30. The van der Waals surface area contributed by atoms with Gasteiger partial charge in [0.2, 0.25) is 0 Å². The molecule has 0 aliphatic heterocycles. The van der Waals surface area contributed by atoms with Gasteiger partial charge in [-0.2, -0.15) is 0 Å². The molecular weight excluding hydrogens is 224 g/mol. The van der Waals surface area contributed by atoms with Crippen LogP contribution in [0.3, 0.4) is 0 Å². The molecule has 1 rings (SSSR count). The topological polar surface area (TPSA) is 29.5 Å². The number of hydrogen-bond donors (Lipinski definition) is 1. The van der Waals surface area contributed by atoms with Gasteiger partial charge < -0.3 is 9.84 Å². The molecule has 0 fully saturated rings. The smallest absolute Gasteiger partial charge is 0.119 e. The average molecular weight is 252 g/mol. The van der Waals surface area contributed by atoms with Crippen molar-refractivity contribution in [3.63, 3.8) is 0 Å². The predicted octanol–water partition coefficient (Wildman–Crippen LogP) is 4.38. The van der Waals surface area contributed by atoms with Crippen molar-refractivity contribution in [1.82, 2.24) is 0 Å². The molecule has 1 N–H and O–H groups in total. The van der Waals surface area contributed by atoms with Gasteiger partial charge in [0.25, 0.3) is 0 Å². The molecule has 0 saturated carbocycles. The third-order valence-electron chi connectivity index (χ3n) is 2.12. The van der Waals surface area contributed by atoms with E-state index in [1.807, 2.05) is 18.2 Å².